The maximum Gasteiger partial charge on any atom is 0.287 e. The van der Waals surface area contributed by atoms with Crippen LogP contribution in [0.2, 0.25) is 0 Å². The van der Waals surface area contributed by atoms with E-state index in [9.17, 15) is 9.59 Å². The highest BCUT2D eigenvalue weighted by molar-refractivity contribution is 6.00. The van der Waals surface area contributed by atoms with E-state index in [1.54, 1.807) is 12.1 Å². The summed E-state index contributed by atoms with van der Waals surface area (Å²) in [6.45, 7) is 7.48. The van der Waals surface area contributed by atoms with Gasteiger partial charge in [-0.05, 0) is 57.9 Å². The smallest absolute Gasteiger partial charge is 0.287 e. The molecule has 144 valence electrons. The molecule has 1 fully saturated rings. The van der Waals surface area contributed by atoms with Crippen molar-refractivity contribution in [2.24, 2.45) is 0 Å². The van der Waals surface area contributed by atoms with Gasteiger partial charge in [0, 0.05) is 30.4 Å². The third kappa shape index (κ3) is 4.90. The average Bonchev–Trinajstić information content (AvgIpc) is 3.16. The molecule has 1 aromatic carbocycles. The third-order valence-corrected chi connectivity index (χ3v) is 4.55. The van der Waals surface area contributed by atoms with Crippen molar-refractivity contribution in [2.45, 2.75) is 45.2 Å². The third-order valence-electron chi connectivity index (χ3n) is 4.55. The molecule has 2 amide bonds. The number of anilines is 1. The Morgan fingerprint density at radius 1 is 1.04 bits per heavy atom. The lowest BCUT2D eigenvalue weighted by molar-refractivity contribution is 0.0901. The van der Waals surface area contributed by atoms with Crippen LogP contribution in [0.3, 0.4) is 0 Å². The summed E-state index contributed by atoms with van der Waals surface area (Å²) in [6, 6.07) is 11.2. The Balaban J connectivity index is 1.63. The minimum atomic E-state index is -0.284. The zero-order chi connectivity index (χ0) is 19.4. The number of hydrogen-bond acceptors (Lipinski definition) is 4. The quantitative estimate of drug-likeness (QED) is 0.868. The Kier molecular flexibility index (Phi) is 5.54. The second-order valence-electron chi connectivity index (χ2n) is 7.93. The molecule has 1 aliphatic rings. The monoisotopic (exact) mass is 369 g/mol. The molecule has 2 aromatic rings. The van der Waals surface area contributed by atoms with Gasteiger partial charge < -0.3 is 20.0 Å². The van der Waals surface area contributed by atoms with Crippen LogP contribution in [0.25, 0.3) is 0 Å². The van der Waals surface area contributed by atoms with Gasteiger partial charge in [0.15, 0.2) is 5.76 Å². The molecule has 3 rings (SSSR count). The van der Waals surface area contributed by atoms with Gasteiger partial charge in [-0.1, -0.05) is 12.1 Å². The summed E-state index contributed by atoms with van der Waals surface area (Å²) in [6.07, 6.45) is 3.14. The van der Waals surface area contributed by atoms with Gasteiger partial charge in [0.05, 0.1) is 11.8 Å². The lowest BCUT2D eigenvalue weighted by Crippen LogP contribution is -2.45. The number of piperidine rings is 1. The van der Waals surface area contributed by atoms with E-state index in [4.69, 9.17) is 4.42 Å². The van der Waals surface area contributed by atoms with Crippen LogP contribution in [0, 0.1) is 0 Å². The van der Waals surface area contributed by atoms with Gasteiger partial charge in [0.2, 0.25) is 0 Å². The van der Waals surface area contributed by atoms with Gasteiger partial charge in [-0.25, -0.2) is 0 Å². The minimum Gasteiger partial charge on any atom is -0.459 e. The van der Waals surface area contributed by atoms with E-state index in [-0.39, 0.29) is 23.4 Å². The summed E-state index contributed by atoms with van der Waals surface area (Å²) in [4.78, 5) is 27.0. The molecule has 0 unspecified atom stereocenters. The molecule has 6 heteroatoms. The molecule has 1 aliphatic heterocycles. The molecule has 0 aliphatic carbocycles. The first-order valence-electron chi connectivity index (χ1n) is 9.34. The molecule has 2 N–H and O–H groups in total. The fourth-order valence-corrected chi connectivity index (χ4v) is 3.28. The summed E-state index contributed by atoms with van der Waals surface area (Å²) in [5.41, 5.74) is 1.34. The number of carbonyl (C=O) groups excluding carboxylic acids is 2. The van der Waals surface area contributed by atoms with E-state index in [0.29, 0.717) is 11.3 Å². The molecule has 0 spiro atoms. The van der Waals surface area contributed by atoms with E-state index in [0.717, 1.165) is 31.6 Å². The molecule has 1 saturated heterocycles. The lowest BCUT2D eigenvalue weighted by atomic mass is 10.0. The highest BCUT2D eigenvalue weighted by Crippen LogP contribution is 2.25. The van der Waals surface area contributed by atoms with Crippen molar-refractivity contribution < 1.29 is 14.0 Å². The van der Waals surface area contributed by atoms with Gasteiger partial charge in [-0.15, -0.1) is 0 Å². The SMILES string of the molecule is CC(C)(C)NC(=O)c1ccccc1N1CCC(NC(=O)c2ccco2)CC1. The van der Waals surface area contributed by atoms with E-state index >= 15 is 0 Å². The number of furan rings is 1. The number of carbonyl (C=O) groups is 2. The predicted octanol–water partition coefficient (Wildman–Crippen LogP) is 3.21. The summed E-state index contributed by atoms with van der Waals surface area (Å²) in [7, 11) is 0. The van der Waals surface area contributed by atoms with Crippen LogP contribution in [0.1, 0.15) is 54.5 Å². The average molecular weight is 369 g/mol. The van der Waals surface area contributed by atoms with Crippen LogP contribution in [0.5, 0.6) is 0 Å². The number of rotatable bonds is 4. The van der Waals surface area contributed by atoms with E-state index in [1.807, 2.05) is 45.0 Å². The Labute approximate surface area is 159 Å². The maximum absolute atomic E-state index is 12.7. The predicted molar refractivity (Wildman–Crippen MR) is 105 cm³/mol. The molecule has 0 atom stereocenters. The normalized spacial score (nSPS) is 15.4. The number of benzene rings is 1. The number of hydrogen-bond donors (Lipinski definition) is 2. The van der Waals surface area contributed by atoms with Crippen molar-refractivity contribution in [1.82, 2.24) is 10.6 Å². The maximum atomic E-state index is 12.7. The topological polar surface area (TPSA) is 74.6 Å². The van der Waals surface area contributed by atoms with Crippen LogP contribution < -0.4 is 15.5 Å². The largest absolute Gasteiger partial charge is 0.459 e. The van der Waals surface area contributed by atoms with Gasteiger partial charge in [-0.3, -0.25) is 9.59 Å². The number of nitrogens with zero attached hydrogens (tertiary/aromatic N) is 1. The van der Waals surface area contributed by atoms with E-state index < -0.39 is 0 Å². The molecular formula is C21H27N3O3. The van der Waals surface area contributed by atoms with Crippen LogP contribution in [0.15, 0.2) is 47.1 Å². The van der Waals surface area contributed by atoms with Gasteiger partial charge in [-0.2, -0.15) is 0 Å². The second kappa shape index (κ2) is 7.86. The van der Waals surface area contributed by atoms with Gasteiger partial charge >= 0.3 is 0 Å². The number of para-hydroxylation sites is 1. The first-order valence-corrected chi connectivity index (χ1v) is 9.34. The molecule has 0 saturated carbocycles. The number of amides is 2. The van der Waals surface area contributed by atoms with E-state index in [1.165, 1.54) is 6.26 Å². The molecule has 6 nitrogen and oxygen atoms in total. The molecular weight excluding hydrogens is 342 g/mol. The highest BCUT2D eigenvalue weighted by Gasteiger charge is 2.25. The number of nitrogens with one attached hydrogen (secondary N) is 2. The second-order valence-corrected chi connectivity index (χ2v) is 7.93. The van der Waals surface area contributed by atoms with Crippen LogP contribution >= 0.6 is 0 Å². The standard InChI is InChI=1S/C21H27N3O3/c1-21(2,3)23-19(25)16-7-4-5-8-17(16)24-12-10-15(11-13-24)22-20(26)18-9-6-14-27-18/h4-9,14-15H,10-13H2,1-3H3,(H,22,26)(H,23,25). The van der Waals surface area contributed by atoms with E-state index in [2.05, 4.69) is 15.5 Å². The summed E-state index contributed by atoms with van der Waals surface area (Å²) < 4.78 is 5.14. The molecule has 0 radical (unpaired) electrons. The Morgan fingerprint density at radius 2 is 1.74 bits per heavy atom. The molecule has 1 aromatic heterocycles. The Morgan fingerprint density at radius 3 is 2.37 bits per heavy atom. The zero-order valence-corrected chi connectivity index (χ0v) is 16.1. The lowest BCUT2D eigenvalue weighted by Gasteiger charge is -2.35. The van der Waals surface area contributed by atoms with Crippen molar-refractivity contribution in [3.8, 4) is 0 Å². The molecule has 0 bridgehead atoms. The Hall–Kier alpha value is -2.76. The van der Waals surface area contributed by atoms with Crippen LogP contribution in [-0.4, -0.2) is 36.5 Å². The van der Waals surface area contributed by atoms with Gasteiger partial charge in [0.25, 0.3) is 11.8 Å². The fraction of sp³-hybridized carbons (Fsp3) is 0.429. The van der Waals surface area contributed by atoms with Crippen molar-refractivity contribution >= 4 is 17.5 Å². The minimum absolute atomic E-state index is 0.0636. The zero-order valence-electron chi connectivity index (χ0n) is 16.1. The van der Waals surface area contributed by atoms with Gasteiger partial charge in [0.1, 0.15) is 0 Å². The fourth-order valence-electron chi connectivity index (χ4n) is 3.28. The Bertz CT molecular complexity index is 785. The summed E-state index contributed by atoms with van der Waals surface area (Å²) >= 11 is 0. The molecule has 2 heterocycles. The van der Waals surface area contributed by atoms with Crippen LogP contribution in [0.4, 0.5) is 5.69 Å². The van der Waals surface area contributed by atoms with Crippen molar-refractivity contribution in [1.29, 1.82) is 0 Å². The summed E-state index contributed by atoms with van der Waals surface area (Å²) in [5, 5.41) is 6.06. The molecule has 27 heavy (non-hydrogen) atoms. The van der Waals surface area contributed by atoms with Crippen molar-refractivity contribution in [3.63, 3.8) is 0 Å². The van der Waals surface area contributed by atoms with Crippen LogP contribution in [-0.2, 0) is 0 Å². The first-order chi connectivity index (χ1) is 12.8. The highest BCUT2D eigenvalue weighted by atomic mass is 16.3. The first kappa shape index (κ1) is 19.0. The summed E-state index contributed by atoms with van der Waals surface area (Å²) in [5.74, 6) is 0.0939. The van der Waals surface area contributed by atoms with Crippen molar-refractivity contribution in [2.75, 3.05) is 18.0 Å². The van der Waals surface area contributed by atoms with Crippen molar-refractivity contribution in [3.05, 3.63) is 54.0 Å².